The molecule has 0 unspecified atom stereocenters. The second-order valence-electron chi connectivity index (χ2n) is 6.53. The normalized spacial score (nSPS) is 21.8. The first-order valence-corrected chi connectivity index (χ1v) is 9.39. The number of aliphatic hydroxyl groups excluding tert-OH is 1. The Labute approximate surface area is 152 Å². The number of benzene rings is 2. The first kappa shape index (κ1) is 17.6. The van der Waals surface area contributed by atoms with Crippen LogP contribution in [0, 0.1) is 5.92 Å². The molecule has 0 bridgehead atoms. The van der Waals surface area contributed by atoms with Crippen molar-refractivity contribution >= 4 is 15.9 Å². The van der Waals surface area contributed by atoms with Crippen LogP contribution in [0.3, 0.4) is 0 Å². The maximum absolute atomic E-state index is 9.82. The fourth-order valence-electron chi connectivity index (χ4n) is 3.43. The Bertz CT molecular complexity index is 635. The fraction of sp³-hybridized carbons (Fsp3) is 0.400. The Kier molecular flexibility index (Phi) is 6.44. The molecule has 0 saturated carbocycles. The lowest BCUT2D eigenvalue weighted by Crippen LogP contribution is -2.50. The Morgan fingerprint density at radius 3 is 2.58 bits per heavy atom. The van der Waals surface area contributed by atoms with Gasteiger partial charge in [-0.15, -0.1) is 0 Å². The number of nitrogens with one attached hydrogen (secondary N) is 1. The molecule has 0 aromatic heterocycles. The smallest absolute Gasteiger partial charge is 0.0486 e. The minimum absolute atomic E-state index is 0.235. The lowest BCUT2D eigenvalue weighted by Gasteiger charge is -2.38. The van der Waals surface area contributed by atoms with E-state index in [4.69, 9.17) is 0 Å². The second-order valence-corrected chi connectivity index (χ2v) is 7.39. The van der Waals surface area contributed by atoms with Crippen LogP contribution < -0.4 is 5.32 Å². The van der Waals surface area contributed by atoms with E-state index in [0.717, 1.165) is 37.1 Å². The fourth-order valence-corrected chi connectivity index (χ4v) is 3.85. The summed E-state index contributed by atoms with van der Waals surface area (Å²) in [5.74, 6) is 0.282. The maximum Gasteiger partial charge on any atom is 0.0486 e. The zero-order chi connectivity index (χ0) is 16.8. The van der Waals surface area contributed by atoms with Gasteiger partial charge in [0.2, 0.25) is 0 Å². The van der Waals surface area contributed by atoms with E-state index in [1.807, 2.05) is 6.07 Å². The van der Waals surface area contributed by atoms with Crippen LogP contribution >= 0.6 is 15.9 Å². The standard InChI is InChI=1S/C20H25BrN2O/c21-19-9-5-4-8-17(19)12-22-20-10-11-23(14-18(20)15-24)13-16-6-2-1-3-7-16/h1-9,18,20,22,24H,10-15H2/t18-,20+/m0/s1. The molecule has 2 atom stereocenters. The molecule has 0 spiro atoms. The van der Waals surface area contributed by atoms with Crippen molar-refractivity contribution in [3.63, 3.8) is 0 Å². The summed E-state index contributed by atoms with van der Waals surface area (Å²) in [5.41, 5.74) is 2.61. The van der Waals surface area contributed by atoms with E-state index < -0.39 is 0 Å². The zero-order valence-electron chi connectivity index (χ0n) is 13.9. The van der Waals surface area contributed by atoms with Crippen LogP contribution in [0.5, 0.6) is 0 Å². The number of piperidine rings is 1. The number of nitrogens with zero attached hydrogens (tertiary/aromatic N) is 1. The number of likely N-dealkylation sites (tertiary alicyclic amines) is 1. The van der Waals surface area contributed by atoms with Gasteiger partial charge in [-0.25, -0.2) is 0 Å². The van der Waals surface area contributed by atoms with Gasteiger partial charge in [-0.1, -0.05) is 64.5 Å². The van der Waals surface area contributed by atoms with Crippen molar-refractivity contribution in [2.45, 2.75) is 25.6 Å². The molecule has 1 aliphatic rings. The molecule has 24 heavy (non-hydrogen) atoms. The Balaban J connectivity index is 1.54. The highest BCUT2D eigenvalue weighted by molar-refractivity contribution is 9.10. The highest BCUT2D eigenvalue weighted by atomic mass is 79.9. The lowest BCUT2D eigenvalue weighted by atomic mass is 9.92. The highest BCUT2D eigenvalue weighted by Gasteiger charge is 2.28. The van der Waals surface area contributed by atoms with Gasteiger partial charge in [-0.2, -0.15) is 0 Å². The largest absolute Gasteiger partial charge is 0.396 e. The number of hydrogen-bond donors (Lipinski definition) is 2. The van der Waals surface area contributed by atoms with Crippen molar-refractivity contribution in [2.75, 3.05) is 19.7 Å². The number of halogens is 1. The predicted octanol–water partition coefficient (Wildman–Crippen LogP) is 3.42. The molecule has 0 amide bonds. The highest BCUT2D eigenvalue weighted by Crippen LogP contribution is 2.21. The number of rotatable bonds is 6. The molecule has 1 fully saturated rings. The van der Waals surface area contributed by atoms with Gasteiger partial charge >= 0.3 is 0 Å². The Morgan fingerprint density at radius 2 is 1.83 bits per heavy atom. The van der Waals surface area contributed by atoms with Gasteiger partial charge in [0.15, 0.2) is 0 Å². The van der Waals surface area contributed by atoms with Gasteiger partial charge in [-0.05, 0) is 30.2 Å². The molecular formula is C20H25BrN2O. The molecule has 2 N–H and O–H groups in total. The second kappa shape index (κ2) is 8.77. The van der Waals surface area contributed by atoms with Gasteiger partial charge in [0, 0.05) is 42.7 Å². The van der Waals surface area contributed by atoms with E-state index >= 15 is 0 Å². The van der Waals surface area contributed by atoms with Gasteiger partial charge < -0.3 is 10.4 Å². The van der Waals surface area contributed by atoms with E-state index in [1.165, 1.54) is 11.1 Å². The SMILES string of the molecule is OC[C@@H]1CN(Cc2ccccc2)CC[C@H]1NCc1ccccc1Br. The molecule has 4 heteroatoms. The monoisotopic (exact) mass is 388 g/mol. The summed E-state index contributed by atoms with van der Waals surface area (Å²) >= 11 is 3.60. The van der Waals surface area contributed by atoms with Gasteiger partial charge in [0.25, 0.3) is 0 Å². The average Bonchev–Trinajstić information content (AvgIpc) is 2.62. The Morgan fingerprint density at radius 1 is 1.08 bits per heavy atom. The molecule has 3 nitrogen and oxygen atoms in total. The minimum atomic E-state index is 0.235. The Hall–Kier alpha value is -1.20. The van der Waals surface area contributed by atoms with Crippen molar-refractivity contribution in [2.24, 2.45) is 5.92 Å². The van der Waals surface area contributed by atoms with E-state index in [0.29, 0.717) is 6.04 Å². The van der Waals surface area contributed by atoms with Crippen molar-refractivity contribution in [1.29, 1.82) is 0 Å². The summed E-state index contributed by atoms with van der Waals surface area (Å²) in [6.07, 6.45) is 1.07. The van der Waals surface area contributed by atoms with Gasteiger partial charge in [0.1, 0.15) is 0 Å². The van der Waals surface area contributed by atoms with Crippen LogP contribution in [0.4, 0.5) is 0 Å². The topological polar surface area (TPSA) is 35.5 Å². The van der Waals surface area contributed by atoms with Crippen LogP contribution in [-0.2, 0) is 13.1 Å². The predicted molar refractivity (Wildman–Crippen MR) is 102 cm³/mol. The van der Waals surface area contributed by atoms with E-state index in [9.17, 15) is 5.11 Å². The first-order chi connectivity index (χ1) is 11.8. The molecule has 2 aromatic rings. The van der Waals surface area contributed by atoms with Crippen molar-refractivity contribution in [1.82, 2.24) is 10.2 Å². The molecule has 0 radical (unpaired) electrons. The van der Waals surface area contributed by atoms with Crippen LogP contribution in [0.1, 0.15) is 17.5 Å². The summed E-state index contributed by atoms with van der Waals surface area (Å²) in [6.45, 7) is 4.05. The minimum Gasteiger partial charge on any atom is -0.396 e. The summed E-state index contributed by atoms with van der Waals surface area (Å²) < 4.78 is 1.14. The van der Waals surface area contributed by atoms with Crippen molar-refractivity contribution in [3.8, 4) is 0 Å². The first-order valence-electron chi connectivity index (χ1n) is 8.60. The summed E-state index contributed by atoms with van der Waals surface area (Å²) in [5, 5.41) is 13.5. The van der Waals surface area contributed by atoms with Gasteiger partial charge in [-0.3, -0.25) is 4.90 Å². The van der Waals surface area contributed by atoms with Crippen molar-refractivity contribution < 1.29 is 5.11 Å². The summed E-state index contributed by atoms with van der Waals surface area (Å²) in [7, 11) is 0. The molecule has 128 valence electrons. The molecule has 1 aliphatic heterocycles. The maximum atomic E-state index is 9.82. The molecule has 3 rings (SSSR count). The lowest BCUT2D eigenvalue weighted by molar-refractivity contribution is 0.0849. The summed E-state index contributed by atoms with van der Waals surface area (Å²) in [6, 6.07) is 19.2. The molecule has 1 heterocycles. The zero-order valence-corrected chi connectivity index (χ0v) is 15.5. The third-order valence-electron chi connectivity index (χ3n) is 4.81. The van der Waals surface area contributed by atoms with E-state index in [2.05, 4.69) is 74.7 Å². The van der Waals surface area contributed by atoms with Crippen LogP contribution in [0.25, 0.3) is 0 Å². The molecular weight excluding hydrogens is 364 g/mol. The summed E-state index contributed by atoms with van der Waals surface area (Å²) in [4.78, 5) is 2.45. The number of aliphatic hydroxyl groups is 1. The van der Waals surface area contributed by atoms with E-state index in [-0.39, 0.29) is 12.5 Å². The quantitative estimate of drug-likeness (QED) is 0.795. The van der Waals surface area contributed by atoms with Gasteiger partial charge in [0.05, 0.1) is 0 Å². The number of hydrogen-bond acceptors (Lipinski definition) is 3. The third-order valence-corrected chi connectivity index (χ3v) is 5.59. The van der Waals surface area contributed by atoms with Crippen LogP contribution in [-0.4, -0.2) is 35.7 Å². The average molecular weight is 389 g/mol. The molecule has 0 aliphatic carbocycles. The molecule has 2 aromatic carbocycles. The third kappa shape index (κ3) is 4.67. The van der Waals surface area contributed by atoms with Crippen LogP contribution in [0.15, 0.2) is 59.1 Å². The van der Waals surface area contributed by atoms with E-state index in [1.54, 1.807) is 0 Å². The molecule has 1 saturated heterocycles. The van der Waals surface area contributed by atoms with Crippen LogP contribution in [0.2, 0.25) is 0 Å². The van der Waals surface area contributed by atoms with Crippen molar-refractivity contribution in [3.05, 3.63) is 70.2 Å².